The predicted molar refractivity (Wildman–Crippen MR) is 76.0 cm³/mol. The summed E-state index contributed by atoms with van der Waals surface area (Å²) in [7, 11) is 0. The molecule has 0 fully saturated rings. The van der Waals surface area contributed by atoms with E-state index in [0.29, 0.717) is 17.3 Å². The zero-order chi connectivity index (χ0) is 13.9. The van der Waals surface area contributed by atoms with Crippen molar-refractivity contribution in [3.63, 3.8) is 0 Å². The van der Waals surface area contributed by atoms with Crippen molar-refractivity contribution in [2.75, 3.05) is 6.61 Å². The molecule has 2 heterocycles. The van der Waals surface area contributed by atoms with Gasteiger partial charge >= 0.3 is 0 Å². The molecule has 4 nitrogen and oxygen atoms in total. The molecule has 20 heavy (non-hydrogen) atoms. The van der Waals surface area contributed by atoms with E-state index in [0.717, 1.165) is 17.7 Å². The van der Waals surface area contributed by atoms with Gasteiger partial charge in [-0.1, -0.05) is 29.8 Å². The number of aromatic nitrogens is 1. The van der Waals surface area contributed by atoms with Crippen molar-refractivity contribution in [3.8, 4) is 5.75 Å². The predicted octanol–water partition coefficient (Wildman–Crippen LogP) is 2.99. The maximum Gasteiger partial charge on any atom is 0.270 e. The molecule has 1 aliphatic rings. The zero-order valence-electron chi connectivity index (χ0n) is 10.7. The molecular weight excluding hydrogens is 276 g/mol. The van der Waals surface area contributed by atoms with Gasteiger partial charge in [0.2, 0.25) is 0 Å². The maximum absolute atomic E-state index is 12.2. The van der Waals surface area contributed by atoms with Crippen molar-refractivity contribution in [2.45, 2.75) is 12.5 Å². The van der Waals surface area contributed by atoms with E-state index < -0.39 is 0 Å². The van der Waals surface area contributed by atoms with E-state index in [1.807, 2.05) is 24.3 Å². The van der Waals surface area contributed by atoms with Gasteiger partial charge in [0.1, 0.15) is 11.4 Å². The largest absolute Gasteiger partial charge is 0.493 e. The van der Waals surface area contributed by atoms with Crippen LogP contribution in [0.15, 0.2) is 42.6 Å². The lowest BCUT2D eigenvalue weighted by molar-refractivity contribution is 0.0919. The normalized spacial score (nSPS) is 16.9. The number of hydrogen-bond donors (Lipinski definition) is 1. The number of benzene rings is 1. The first-order valence-electron chi connectivity index (χ1n) is 6.38. The molecule has 0 unspecified atom stereocenters. The summed E-state index contributed by atoms with van der Waals surface area (Å²) in [6.07, 6.45) is 2.26. The van der Waals surface area contributed by atoms with Gasteiger partial charge < -0.3 is 10.1 Å². The Bertz CT molecular complexity index is 645. The second-order valence-corrected chi connectivity index (χ2v) is 5.00. The molecule has 0 radical (unpaired) electrons. The minimum atomic E-state index is -0.228. The monoisotopic (exact) mass is 288 g/mol. The van der Waals surface area contributed by atoms with Crippen molar-refractivity contribution in [1.29, 1.82) is 0 Å². The van der Waals surface area contributed by atoms with Gasteiger partial charge in [0.05, 0.1) is 12.6 Å². The summed E-state index contributed by atoms with van der Waals surface area (Å²) in [4.78, 5) is 16.2. The topological polar surface area (TPSA) is 51.2 Å². The van der Waals surface area contributed by atoms with Crippen LogP contribution in [0.2, 0.25) is 5.02 Å². The minimum absolute atomic E-state index is 0.0618. The van der Waals surface area contributed by atoms with Crippen LogP contribution in [0.3, 0.4) is 0 Å². The summed E-state index contributed by atoms with van der Waals surface area (Å²) in [6.45, 7) is 0.588. The van der Waals surface area contributed by atoms with Crippen molar-refractivity contribution < 1.29 is 9.53 Å². The van der Waals surface area contributed by atoms with Gasteiger partial charge in [0.25, 0.3) is 5.91 Å². The molecule has 1 aliphatic heterocycles. The molecular formula is C15H13ClN2O2. The Labute approximate surface area is 121 Å². The van der Waals surface area contributed by atoms with Crippen LogP contribution in [0.5, 0.6) is 5.75 Å². The van der Waals surface area contributed by atoms with E-state index in [4.69, 9.17) is 16.3 Å². The molecule has 2 aromatic rings. The average molecular weight is 289 g/mol. The lowest BCUT2D eigenvalue weighted by Crippen LogP contribution is -2.32. The molecule has 102 valence electrons. The number of pyridine rings is 1. The Morgan fingerprint density at radius 1 is 1.35 bits per heavy atom. The number of fused-ring (bicyclic) bond motifs is 1. The van der Waals surface area contributed by atoms with Crippen molar-refractivity contribution in [2.24, 2.45) is 0 Å². The first-order valence-corrected chi connectivity index (χ1v) is 6.76. The van der Waals surface area contributed by atoms with Crippen LogP contribution in [-0.4, -0.2) is 17.5 Å². The second-order valence-electron chi connectivity index (χ2n) is 4.56. The van der Waals surface area contributed by atoms with Crippen LogP contribution in [0.25, 0.3) is 0 Å². The number of rotatable bonds is 2. The van der Waals surface area contributed by atoms with E-state index in [1.54, 1.807) is 12.1 Å². The first kappa shape index (κ1) is 12.9. The Hall–Kier alpha value is -2.07. The fourth-order valence-electron chi connectivity index (χ4n) is 2.25. The lowest BCUT2D eigenvalue weighted by atomic mass is 10.0. The summed E-state index contributed by atoms with van der Waals surface area (Å²) in [5.41, 5.74) is 1.32. The summed E-state index contributed by atoms with van der Waals surface area (Å²) in [5.74, 6) is 0.595. The third kappa shape index (κ3) is 2.60. The highest BCUT2D eigenvalue weighted by atomic mass is 35.5. The molecule has 0 saturated heterocycles. The highest BCUT2D eigenvalue weighted by molar-refractivity contribution is 6.30. The Kier molecular flexibility index (Phi) is 3.56. The van der Waals surface area contributed by atoms with E-state index in [2.05, 4.69) is 10.3 Å². The molecule has 3 rings (SSSR count). The van der Waals surface area contributed by atoms with E-state index >= 15 is 0 Å². The number of para-hydroxylation sites is 1. The molecule has 1 N–H and O–H groups in total. The number of nitrogens with one attached hydrogen (secondary N) is 1. The van der Waals surface area contributed by atoms with Gasteiger partial charge in [-0.2, -0.15) is 0 Å². The summed E-state index contributed by atoms with van der Waals surface area (Å²) < 4.78 is 5.57. The third-order valence-electron chi connectivity index (χ3n) is 3.22. The maximum atomic E-state index is 12.2. The van der Waals surface area contributed by atoms with Crippen LogP contribution >= 0.6 is 11.6 Å². The number of halogens is 1. The molecule has 1 aromatic carbocycles. The fourth-order valence-corrected chi connectivity index (χ4v) is 2.41. The molecule has 0 aliphatic carbocycles. The Morgan fingerprint density at radius 2 is 2.20 bits per heavy atom. The Balaban J connectivity index is 1.81. The molecule has 5 heteroatoms. The highest BCUT2D eigenvalue weighted by Gasteiger charge is 2.23. The van der Waals surface area contributed by atoms with Crippen molar-refractivity contribution in [3.05, 3.63) is 58.9 Å². The van der Waals surface area contributed by atoms with Crippen LogP contribution in [0.1, 0.15) is 28.5 Å². The molecule has 0 spiro atoms. The quantitative estimate of drug-likeness (QED) is 0.924. The third-order valence-corrected chi connectivity index (χ3v) is 3.45. The van der Waals surface area contributed by atoms with Gasteiger partial charge in [-0.3, -0.25) is 9.78 Å². The van der Waals surface area contributed by atoms with Gasteiger partial charge in [0, 0.05) is 23.2 Å². The number of ether oxygens (including phenoxy) is 1. The summed E-state index contributed by atoms with van der Waals surface area (Å²) >= 11 is 5.87. The molecule has 0 bridgehead atoms. The summed E-state index contributed by atoms with van der Waals surface area (Å²) in [5, 5.41) is 3.48. The number of amides is 1. The van der Waals surface area contributed by atoms with E-state index in [-0.39, 0.29) is 11.9 Å². The van der Waals surface area contributed by atoms with Crippen LogP contribution in [0.4, 0.5) is 0 Å². The summed E-state index contributed by atoms with van der Waals surface area (Å²) in [6, 6.07) is 10.9. The van der Waals surface area contributed by atoms with Crippen LogP contribution in [0, 0.1) is 0 Å². The highest BCUT2D eigenvalue weighted by Crippen LogP contribution is 2.31. The lowest BCUT2D eigenvalue weighted by Gasteiger charge is -2.26. The number of carbonyl (C=O) groups excluding carboxylic acids is 1. The van der Waals surface area contributed by atoms with Gasteiger partial charge in [-0.15, -0.1) is 0 Å². The second kappa shape index (κ2) is 5.51. The van der Waals surface area contributed by atoms with Crippen molar-refractivity contribution >= 4 is 17.5 Å². The molecule has 0 saturated carbocycles. The first-order chi connectivity index (χ1) is 9.74. The molecule has 1 atom stereocenters. The SMILES string of the molecule is O=C(N[C@H]1CCOc2ccccc21)c1cc(Cl)ccn1. The fraction of sp³-hybridized carbons (Fsp3) is 0.200. The van der Waals surface area contributed by atoms with Gasteiger partial charge in [-0.25, -0.2) is 0 Å². The smallest absolute Gasteiger partial charge is 0.270 e. The average Bonchev–Trinajstić information content (AvgIpc) is 2.47. The van der Waals surface area contributed by atoms with Crippen LogP contribution in [-0.2, 0) is 0 Å². The minimum Gasteiger partial charge on any atom is -0.493 e. The molecule has 1 amide bonds. The zero-order valence-corrected chi connectivity index (χ0v) is 11.4. The van der Waals surface area contributed by atoms with Gasteiger partial charge in [0.15, 0.2) is 0 Å². The van der Waals surface area contributed by atoms with E-state index in [1.165, 1.54) is 6.20 Å². The van der Waals surface area contributed by atoms with Gasteiger partial charge in [-0.05, 0) is 18.2 Å². The standard InChI is InChI=1S/C15H13ClN2O2/c16-10-5-7-17-13(9-10)15(19)18-12-6-8-20-14-4-2-1-3-11(12)14/h1-5,7,9,12H,6,8H2,(H,18,19)/t12-/m0/s1. The van der Waals surface area contributed by atoms with Crippen LogP contribution < -0.4 is 10.1 Å². The van der Waals surface area contributed by atoms with Crippen molar-refractivity contribution in [1.82, 2.24) is 10.3 Å². The Morgan fingerprint density at radius 3 is 3.05 bits per heavy atom. The number of hydrogen-bond acceptors (Lipinski definition) is 3. The number of carbonyl (C=O) groups is 1. The van der Waals surface area contributed by atoms with E-state index in [9.17, 15) is 4.79 Å². The molecule has 1 aromatic heterocycles. The number of nitrogens with zero attached hydrogens (tertiary/aromatic N) is 1.